The van der Waals surface area contributed by atoms with Crippen molar-refractivity contribution in [2.24, 2.45) is 0 Å². The van der Waals surface area contributed by atoms with Crippen LogP contribution >= 0.6 is 0 Å². The highest BCUT2D eigenvalue weighted by molar-refractivity contribution is 5.73. The number of aromatic amines is 1. The number of aromatic nitrogens is 9. The topological polar surface area (TPSA) is 111 Å². The zero-order chi connectivity index (χ0) is 52.7. The summed E-state index contributed by atoms with van der Waals surface area (Å²) in [5.74, 6) is 0.651. The fraction of sp³-hybridized carbons (Fsp3) is 0.203. The maximum Gasteiger partial charge on any atom is 0.416 e. The monoisotopic (exact) mass is 978 g/mol. The van der Waals surface area contributed by atoms with E-state index in [1.54, 1.807) is 74.7 Å². The fourth-order valence-electron chi connectivity index (χ4n) is 5.22. The summed E-state index contributed by atoms with van der Waals surface area (Å²) in [6.45, 7) is 16.8. The lowest BCUT2D eigenvalue weighted by Crippen LogP contribution is -2.04. The number of pyridine rings is 3. The first kappa shape index (κ1) is 59.9. The van der Waals surface area contributed by atoms with Crippen LogP contribution < -0.4 is 0 Å². The Morgan fingerprint density at radius 3 is 1.53 bits per heavy atom. The number of aryl methyl sites for hydroxylation is 8. The largest absolute Gasteiger partial charge is 0.416 e. The lowest BCUT2D eigenvalue weighted by Gasteiger charge is -2.05. The van der Waals surface area contributed by atoms with E-state index in [-0.39, 0.29) is 5.82 Å². The van der Waals surface area contributed by atoms with Crippen LogP contribution in [-0.2, 0) is 12.7 Å². The Morgan fingerprint density at radius 1 is 0.500 bits per heavy atom. The molecule has 6 aromatic heterocycles. The molecule has 0 bridgehead atoms. The second-order valence-electron chi connectivity index (χ2n) is 15.7. The smallest absolute Gasteiger partial charge is 0.345 e. The summed E-state index contributed by atoms with van der Waals surface area (Å²) in [5.41, 5.74) is 8.11. The predicted molar refractivity (Wildman–Crippen MR) is 285 cm³/mol. The van der Waals surface area contributed by atoms with Crippen LogP contribution in [0.5, 0.6) is 0 Å². The molecule has 0 atom stereocenters. The van der Waals surface area contributed by atoms with Gasteiger partial charge in [-0.2, -0.15) is 13.2 Å². The fourth-order valence-corrected chi connectivity index (χ4v) is 5.22. The van der Waals surface area contributed by atoms with Crippen molar-refractivity contribution in [1.29, 1.82) is 0 Å². The van der Waals surface area contributed by atoms with Crippen molar-refractivity contribution < 1.29 is 17.6 Å². The van der Waals surface area contributed by atoms with Gasteiger partial charge in [-0.05, 0) is 133 Å². The minimum Gasteiger partial charge on any atom is -0.345 e. The molecule has 376 valence electrons. The maximum atomic E-state index is 12.1. The maximum absolute atomic E-state index is 12.1. The lowest BCUT2D eigenvalue weighted by molar-refractivity contribution is -0.137. The first-order chi connectivity index (χ1) is 34.7. The van der Waals surface area contributed by atoms with Crippen molar-refractivity contribution in [3.05, 3.63) is 271 Å². The van der Waals surface area contributed by atoms with Crippen LogP contribution in [0.2, 0.25) is 0 Å². The van der Waals surface area contributed by atoms with Crippen LogP contribution in [-0.4, -0.2) is 44.4 Å². The number of H-pyrrole nitrogens is 1. The molecule has 6 heterocycles. The number of fused-ring (bicyclic) bond motifs is 1. The minimum absolute atomic E-state index is 0.171. The van der Waals surface area contributed by atoms with Crippen molar-refractivity contribution in [1.82, 2.24) is 44.4 Å². The normalized spacial score (nSPS) is 9.56. The van der Waals surface area contributed by atoms with Gasteiger partial charge in [0, 0.05) is 68.0 Å². The molecule has 72 heavy (non-hydrogen) atoms. The van der Waals surface area contributed by atoms with E-state index < -0.39 is 11.7 Å². The van der Waals surface area contributed by atoms with E-state index in [1.165, 1.54) is 47.7 Å². The molecule has 13 heteroatoms. The molecule has 0 aliphatic rings. The zero-order valence-electron chi connectivity index (χ0n) is 42.5. The summed E-state index contributed by atoms with van der Waals surface area (Å²) < 4.78 is 50.1. The predicted octanol–water partition coefficient (Wildman–Crippen LogP) is 15.3. The number of hydrogen-bond donors (Lipinski definition) is 1. The number of nitrogens with zero attached hydrogens (tertiary/aromatic N) is 8. The summed E-state index contributed by atoms with van der Waals surface area (Å²) in [7, 11) is 0. The van der Waals surface area contributed by atoms with Crippen molar-refractivity contribution >= 4 is 11.0 Å². The van der Waals surface area contributed by atoms with Gasteiger partial charge in [0.05, 0.1) is 29.3 Å². The average Bonchev–Trinajstić information content (AvgIpc) is 4.10. The Morgan fingerprint density at radius 2 is 1.11 bits per heavy atom. The number of para-hydroxylation sites is 2. The molecule has 0 aliphatic heterocycles. The standard InChI is InChI=1S/C8H7F3.C7H7F.C7H6N2.C7H12N2.C7H8.3C6H7N.C5H6N2/c1-6-3-2-4-7(5-6)8(9,10)11;1-6-2-4-7(8)5-3-6;1-2-4-7-6(3-1)8-5-9-7;1-2-3-5-9-6-4-8-7-9;1-7-5-3-2-4-6-7;1-6-2-4-7-5-3-6;1-6-3-2-4-7-5-6;1-6-4-2-3-5-7-6;1-5-6-3-2-4-7-5/h2-5H,1H3;2-5H,1H3;1-5H,(H,8,9);4,6-7H,2-3,5H2,1H3;2-6H,1H3;3*2-5H,1H3;2-4H,1H3. The summed E-state index contributed by atoms with van der Waals surface area (Å²) in [4.78, 5) is 30.5. The number of halogens is 4. The summed E-state index contributed by atoms with van der Waals surface area (Å²) in [5, 5.41) is 0. The van der Waals surface area contributed by atoms with Crippen LogP contribution in [0.3, 0.4) is 0 Å². The number of alkyl halides is 3. The highest BCUT2D eigenvalue weighted by Crippen LogP contribution is 2.29. The van der Waals surface area contributed by atoms with E-state index in [1.807, 2.05) is 144 Å². The second kappa shape index (κ2) is 36.7. The molecule has 0 unspecified atom stereocenters. The van der Waals surface area contributed by atoms with Gasteiger partial charge in [0.2, 0.25) is 0 Å². The van der Waals surface area contributed by atoms with Crippen LogP contribution in [0, 0.1) is 54.3 Å². The number of rotatable bonds is 3. The first-order valence-electron chi connectivity index (χ1n) is 23.2. The highest BCUT2D eigenvalue weighted by atomic mass is 19.4. The van der Waals surface area contributed by atoms with Crippen molar-refractivity contribution in [3.8, 4) is 0 Å². The van der Waals surface area contributed by atoms with Crippen LogP contribution in [0.1, 0.15) is 64.7 Å². The molecule has 0 amide bonds. The van der Waals surface area contributed by atoms with E-state index >= 15 is 0 Å². The Bertz CT molecular complexity index is 2510. The van der Waals surface area contributed by atoms with Gasteiger partial charge in [0.15, 0.2) is 0 Å². The van der Waals surface area contributed by atoms with Gasteiger partial charge in [-0.15, -0.1) is 0 Å². The zero-order valence-corrected chi connectivity index (χ0v) is 42.5. The van der Waals surface area contributed by atoms with Gasteiger partial charge in [0.1, 0.15) is 11.6 Å². The third kappa shape index (κ3) is 31.0. The van der Waals surface area contributed by atoms with Gasteiger partial charge >= 0.3 is 6.18 Å². The molecule has 0 saturated carbocycles. The molecule has 10 rings (SSSR count). The Labute approximate surface area is 423 Å². The van der Waals surface area contributed by atoms with Crippen LogP contribution in [0.15, 0.2) is 220 Å². The quantitative estimate of drug-likeness (QED) is 0.176. The molecular formula is C59H67F4N9. The summed E-state index contributed by atoms with van der Waals surface area (Å²) >= 11 is 0. The summed E-state index contributed by atoms with van der Waals surface area (Å²) in [6.07, 6.45) is 18.1. The second-order valence-corrected chi connectivity index (χ2v) is 15.7. The van der Waals surface area contributed by atoms with Crippen molar-refractivity contribution in [2.75, 3.05) is 0 Å². The molecule has 0 saturated heterocycles. The molecule has 9 nitrogen and oxygen atoms in total. The molecular weight excluding hydrogens is 911 g/mol. The van der Waals surface area contributed by atoms with Gasteiger partial charge in [0.25, 0.3) is 0 Å². The molecule has 10 aromatic rings. The molecule has 0 aliphatic carbocycles. The molecule has 0 radical (unpaired) electrons. The first-order valence-corrected chi connectivity index (χ1v) is 23.2. The number of unbranched alkanes of at least 4 members (excludes halogenated alkanes) is 1. The number of benzene rings is 4. The third-order valence-electron chi connectivity index (χ3n) is 9.12. The molecule has 0 fully saturated rings. The van der Waals surface area contributed by atoms with Gasteiger partial charge in [-0.3, -0.25) is 15.0 Å². The number of imidazole rings is 2. The SMILES string of the molecule is CCCCn1ccnc1.Cc1ccc(F)cc1.Cc1cccc(C(F)(F)F)c1.Cc1ccccc1.Cc1ccccn1.Cc1cccnc1.Cc1ccncc1.Cc1ncccn1.c1ccc2[nH]cnc2c1. The third-order valence-corrected chi connectivity index (χ3v) is 9.12. The van der Waals surface area contributed by atoms with Crippen molar-refractivity contribution in [2.45, 2.75) is 81.0 Å². The van der Waals surface area contributed by atoms with Gasteiger partial charge in [-0.25, -0.2) is 24.3 Å². The molecule has 4 aromatic carbocycles. The van der Waals surface area contributed by atoms with E-state index in [0.29, 0.717) is 5.56 Å². The Balaban J connectivity index is 0.000000279. The van der Waals surface area contributed by atoms with E-state index in [2.05, 4.69) is 70.4 Å². The highest BCUT2D eigenvalue weighted by Gasteiger charge is 2.29. The van der Waals surface area contributed by atoms with Crippen molar-refractivity contribution in [3.63, 3.8) is 0 Å². The van der Waals surface area contributed by atoms with E-state index in [9.17, 15) is 17.6 Å². The molecule has 0 spiro atoms. The Kier molecular flexibility index (Phi) is 30.6. The van der Waals surface area contributed by atoms with E-state index in [0.717, 1.165) is 46.8 Å². The van der Waals surface area contributed by atoms with Crippen LogP contribution in [0.25, 0.3) is 11.0 Å². The average molecular weight is 978 g/mol. The number of nitrogens with one attached hydrogen (secondary N) is 1. The van der Waals surface area contributed by atoms with Crippen LogP contribution in [0.4, 0.5) is 17.6 Å². The minimum atomic E-state index is -4.22. The van der Waals surface area contributed by atoms with E-state index in [4.69, 9.17) is 0 Å². The number of hydrogen-bond acceptors (Lipinski definition) is 7. The van der Waals surface area contributed by atoms with Gasteiger partial charge < -0.3 is 9.55 Å². The van der Waals surface area contributed by atoms with Gasteiger partial charge in [-0.1, -0.05) is 115 Å². The molecule has 1 N–H and O–H groups in total. The Hall–Kier alpha value is -8.19. The summed E-state index contributed by atoms with van der Waals surface area (Å²) in [6, 6.07) is 45.4. The lowest BCUT2D eigenvalue weighted by atomic mass is 10.1.